The van der Waals surface area contributed by atoms with Crippen molar-refractivity contribution in [2.24, 2.45) is 5.92 Å². The minimum Gasteiger partial charge on any atom is -0.370 e. The second kappa shape index (κ2) is 5.10. The molecule has 1 aliphatic carbocycles. The van der Waals surface area contributed by atoms with Crippen LogP contribution in [0, 0.1) is 5.92 Å². The second-order valence-corrected chi connectivity index (χ2v) is 6.30. The quantitative estimate of drug-likeness (QED) is 0.901. The number of benzene rings is 1. The molecule has 0 radical (unpaired) electrons. The van der Waals surface area contributed by atoms with Gasteiger partial charge in [0.1, 0.15) is 0 Å². The van der Waals surface area contributed by atoms with Crippen LogP contribution in [0.2, 0.25) is 5.02 Å². The molecule has 2 fully saturated rings. The molecule has 1 aromatic carbocycles. The van der Waals surface area contributed by atoms with Crippen molar-refractivity contribution in [2.75, 3.05) is 18.0 Å². The summed E-state index contributed by atoms with van der Waals surface area (Å²) in [6, 6.07) is 9.66. The summed E-state index contributed by atoms with van der Waals surface area (Å²) >= 11 is 6.09. The molecule has 0 spiro atoms. The van der Waals surface area contributed by atoms with Gasteiger partial charge in [0, 0.05) is 35.9 Å². The highest BCUT2D eigenvalue weighted by molar-refractivity contribution is 6.30. The second-order valence-electron chi connectivity index (χ2n) is 5.86. The van der Waals surface area contributed by atoms with Gasteiger partial charge in [0.05, 0.1) is 0 Å². The molecular weight excluding hydrogens is 244 g/mol. The average molecular weight is 265 g/mol. The number of nitrogens with zero attached hydrogens (tertiary/aromatic N) is 1. The lowest BCUT2D eigenvalue weighted by atomic mass is 9.95. The Labute approximate surface area is 114 Å². The third kappa shape index (κ3) is 2.99. The van der Waals surface area contributed by atoms with E-state index in [4.69, 9.17) is 11.6 Å². The van der Waals surface area contributed by atoms with E-state index in [1.807, 2.05) is 12.1 Å². The fourth-order valence-corrected chi connectivity index (χ4v) is 3.12. The molecule has 1 saturated heterocycles. The van der Waals surface area contributed by atoms with Crippen molar-refractivity contribution < 1.29 is 0 Å². The molecule has 1 N–H and O–H groups in total. The molecule has 18 heavy (non-hydrogen) atoms. The number of hydrogen-bond acceptors (Lipinski definition) is 2. The van der Waals surface area contributed by atoms with Gasteiger partial charge in [0.15, 0.2) is 0 Å². The Morgan fingerprint density at radius 3 is 2.78 bits per heavy atom. The van der Waals surface area contributed by atoms with E-state index in [2.05, 4.69) is 29.3 Å². The zero-order valence-corrected chi connectivity index (χ0v) is 11.7. The van der Waals surface area contributed by atoms with E-state index < -0.39 is 0 Å². The fraction of sp³-hybridized carbons (Fsp3) is 0.600. The van der Waals surface area contributed by atoms with Gasteiger partial charge in [0.25, 0.3) is 0 Å². The van der Waals surface area contributed by atoms with E-state index in [9.17, 15) is 0 Å². The first kappa shape index (κ1) is 12.3. The van der Waals surface area contributed by atoms with E-state index in [-0.39, 0.29) is 0 Å². The highest BCUT2D eigenvalue weighted by Gasteiger charge is 2.30. The van der Waals surface area contributed by atoms with Crippen molar-refractivity contribution in [3.8, 4) is 0 Å². The summed E-state index contributed by atoms with van der Waals surface area (Å²) in [5.41, 5.74) is 1.26. The van der Waals surface area contributed by atoms with Crippen LogP contribution in [0.25, 0.3) is 0 Å². The molecule has 2 unspecified atom stereocenters. The molecule has 1 aliphatic heterocycles. The summed E-state index contributed by atoms with van der Waals surface area (Å²) in [5.74, 6) is 0.744. The van der Waals surface area contributed by atoms with Crippen molar-refractivity contribution in [3.05, 3.63) is 29.3 Å². The molecule has 98 valence electrons. The predicted molar refractivity (Wildman–Crippen MR) is 77.4 cm³/mol. The maximum Gasteiger partial charge on any atom is 0.0426 e. The van der Waals surface area contributed by atoms with Gasteiger partial charge in [0.2, 0.25) is 0 Å². The van der Waals surface area contributed by atoms with Crippen LogP contribution in [0.15, 0.2) is 24.3 Å². The van der Waals surface area contributed by atoms with E-state index in [0.717, 1.165) is 30.1 Å². The zero-order chi connectivity index (χ0) is 12.5. The Hall–Kier alpha value is -0.730. The molecule has 1 heterocycles. The number of anilines is 1. The first-order valence-electron chi connectivity index (χ1n) is 6.97. The Morgan fingerprint density at radius 1 is 1.22 bits per heavy atom. The summed E-state index contributed by atoms with van der Waals surface area (Å²) in [6.07, 6.45) is 4.03. The summed E-state index contributed by atoms with van der Waals surface area (Å²) < 4.78 is 0. The maximum absolute atomic E-state index is 6.09. The van der Waals surface area contributed by atoms with Gasteiger partial charge in [-0.1, -0.05) is 24.6 Å². The topological polar surface area (TPSA) is 15.3 Å². The normalized spacial score (nSPS) is 28.4. The van der Waals surface area contributed by atoms with Crippen LogP contribution >= 0.6 is 11.6 Å². The van der Waals surface area contributed by atoms with Crippen LogP contribution in [0.5, 0.6) is 0 Å². The molecule has 0 amide bonds. The number of rotatable bonds is 3. The minimum absolute atomic E-state index is 0.639. The average Bonchev–Trinajstić information content (AvgIpc) is 3.12. The largest absolute Gasteiger partial charge is 0.370 e. The number of nitrogens with one attached hydrogen (secondary N) is 1. The standard InChI is InChI=1S/C15H21ClN2/c1-11-7-14(17-13-5-6-13)10-18(9-11)15-4-2-3-12(16)8-15/h2-4,8,11,13-14,17H,5-7,9-10H2,1H3. The summed E-state index contributed by atoms with van der Waals surface area (Å²) in [4.78, 5) is 2.47. The van der Waals surface area contributed by atoms with Crippen molar-refractivity contribution in [3.63, 3.8) is 0 Å². The fourth-order valence-electron chi connectivity index (χ4n) is 2.94. The Morgan fingerprint density at radius 2 is 2.06 bits per heavy atom. The van der Waals surface area contributed by atoms with Gasteiger partial charge >= 0.3 is 0 Å². The molecule has 1 aromatic rings. The van der Waals surface area contributed by atoms with Crippen molar-refractivity contribution >= 4 is 17.3 Å². The van der Waals surface area contributed by atoms with E-state index in [1.54, 1.807) is 0 Å². The lowest BCUT2D eigenvalue weighted by molar-refractivity contribution is 0.349. The predicted octanol–water partition coefficient (Wildman–Crippen LogP) is 3.31. The number of piperidine rings is 1. The van der Waals surface area contributed by atoms with Crippen molar-refractivity contribution in [1.29, 1.82) is 0 Å². The highest BCUT2D eigenvalue weighted by Crippen LogP contribution is 2.27. The third-order valence-electron chi connectivity index (χ3n) is 3.88. The Kier molecular flexibility index (Phi) is 3.49. The Bertz CT molecular complexity index is 415. The lowest BCUT2D eigenvalue weighted by Gasteiger charge is -2.38. The summed E-state index contributed by atoms with van der Waals surface area (Å²) in [5, 5.41) is 4.59. The SMILES string of the molecule is CC1CC(NC2CC2)CN(c2cccc(Cl)c2)C1. The smallest absolute Gasteiger partial charge is 0.0426 e. The van der Waals surface area contributed by atoms with Crippen LogP contribution in [0.4, 0.5) is 5.69 Å². The number of hydrogen-bond donors (Lipinski definition) is 1. The first-order chi connectivity index (χ1) is 8.70. The lowest BCUT2D eigenvalue weighted by Crippen LogP contribution is -2.49. The molecule has 3 heteroatoms. The number of halogens is 1. The van der Waals surface area contributed by atoms with Crippen molar-refractivity contribution in [2.45, 2.75) is 38.3 Å². The molecule has 0 bridgehead atoms. The van der Waals surface area contributed by atoms with Gasteiger partial charge in [-0.25, -0.2) is 0 Å². The first-order valence-corrected chi connectivity index (χ1v) is 7.35. The zero-order valence-electron chi connectivity index (χ0n) is 10.9. The molecule has 2 atom stereocenters. The maximum atomic E-state index is 6.09. The van der Waals surface area contributed by atoms with Gasteiger partial charge in [-0.3, -0.25) is 0 Å². The summed E-state index contributed by atoms with van der Waals surface area (Å²) in [7, 11) is 0. The molecular formula is C15H21ClN2. The Balaban J connectivity index is 1.70. The van der Waals surface area contributed by atoms with Crippen LogP contribution in [0.1, 0.15) is 26.2 Å². The van der Waals surface area contributed by atoms with E-state index in [1.165, 1.54) is 24.9 Å². The minimum atomic E-state index is 0.639. The molecule has 2 nitrogen and oxygen atoms in total. The van der Waals surface area contributed by atoms with Crippen LogP contribution in [-0.2, 0) is 0 Å². The van der Waals surface area contributed by atoms with Gasteiger partial charge in [-0.05, 0) is 43.4 Å². The molecule has 1 saturated carbocycles. The van der Waals surface area contributed by atoms with E-state index >= 15 is 0 Å². The van der Waals surface area contributed by atoms with Gasteiger partial charge < -0.3 is 10.2 Å². The molecule has 2 aliphatic rings. The summed E-state index contributed by atoms with van der Waals surface area (Å²) in [6.45, 7) is 4.60. The third-order valence-corrected chi connectivity index (χ3v) is 4.12. The van der Waals surface area contributed by atoms with Crippen LogP contribution in [0.3, 0.4) is 0 Å². The van der Waals surface area contributed by atoms with Gasteiger partial charge in [-0.2, -0.15) is 0 Å². The van der Waals surface area contributed by atoms with Crippen LogP contribution in [-0.4, -0.2) is 25.2 Å². The molecule has 3 rings (SSSR count). The highest BCUT2D eigenvalue weighted by atomic mass is 35.5. The van der Waals surface area contributed by atoms with Crippen LogP contribution < -0.4 is 10.2 Å². The van der Waals surface area contributed by atoms with Crippen molar-refractivity contribution in [1.82, 2.24) is 5.32 Å². The van der Waals surface area contributed by atoms with Gasteiger partial charge in [-0.15, -0.1) is 0 Å². The molecule has 0 aromatic heterocycles. The van der Waals surface area contributed by atoms with E-state index in [0.29, 0.717) is 6.04 Å². The monoisotopic (exact) mass is 264 g/mol.